The molecule has 1 N–H and O–H groups in total. The predicted molar refractivity (Wildman–Crippen MR) is 68.4 cm³/mol. The van der Waals surface area contributed by atoms with Crippen LogP contribution in [0.4, 0.5) is 8.78 Å². The topological polar surface area (TPSA) is 59.3 Å². The number of nitrogens with zero attached hydrogens (tertiary/aromatic N) is 1. The maximum Gasteiger partial charge on any atom is 0.341 e. The third kappa shape index (κ3) is 1.79. The molecule has 1 saturated carbocycles. The standard InChI is InChI=1S/C13H8ClF2NO3/c14-7-3-8(15)10(16)11-9(7)12(18)6(13(19)20)4-17(11)5-1-2-5/h3-5H,1-2H2,(H,19,20). The van der Waals surface area contributed by atoms with Gasteiger partial charge in [0.25, 0.3) is 0 Å². The maximum absolute atomic E-state index is 14.0. The first-order valence-electron chi connectivity index (χ1n) is 5.87. The molecule has 1 fully saturated rings. The van der Waals surface area contributed by atoms with Gasteiger partial charge in [-0.3, -0.25) is 4.79 Å². The van der Waals surface area contributed by atoms with E-state index in [9.17, 15) is 18.4 Å². The average Bonchev–Trinajstić information content (AvgIpc) is 3.19. The van der Waals surface area contributed by atoms with Gasteiger partial charge in [-0.25, -0.2) is 13.6 Å². The van der Waals surface area contributed by atoms with Crippen molar-refractivity contribution in [3.05, 3.63) is 44.7 Å². The van der Waals surface area contributed by atoms with Crippen molar-refractivity contribution < 1.29 is 18.7 Å². The highest BCUT2D eigenvalue weighted by atomic mass is 35.5. The molecule has 1 aromatic carbocycles. The number of benzene rings is 1. The monoisotopic (exact) mass is 299 g/mol. The van der Waals surface area contributed by atoms with Gasteiger partial charge in [0.1, 0.15) is 5.56 Å². The van der Waals surface area contributed by atoms with Crippen LogP contribution in [0.25, 0.3) is 10.9 Å². The molecule has 0 aliphatic heterocycles. The fraction of sp³-hybridized carbons (Fsp3) is 0.231. The molecule has 4 nitrogen and oxygen atoms in total. The van der Waals surface area contributed by atoms with Gasteiger partial charge in [0.05, 0.1) is 15.9 Å². The number of aromatic carboxylic acids is 1. The number of rotatable bonds is 2. The summed E-state index contributed by atoms with van der Waals surface area (Å²) < 4.78 is 28.8. The second kappa shape index (κ2) is 4.28. The summed E-state index contributed by atoms with van der Waals surface area (Å²) in [7, 11) is 0. The van der Waals surface area contributed by atoms with Gasteiger partial charge in [0, 0.05) is 12.2 Å². The Morgan fingerprint density at radius 1 is 1.40 bits per heavy atom. The number of pyridine rings is 1. The summed E-state index contributed by atoms with van der Waals surface area (Å²) in [5.41, 5.74) is -1.68. The number of carboxylic acid groups (broad SMARTS) is 1. The van der Waals surface area contributed by atoms with Crippen LogP contribution in [0, 0.1) is 11.6 Å². The van der Waals surface area contributed by atoms with Crippen LogP contribution < -0.4 is 5.43 Å². The van der Waals surface area contributed by atoms with E-state index in [1.807, 2.05) is 0 Å². The van der Waals surface area contributed by atoms with Gasteiger partial charge in [-0.05, 0) is 18.9 Å². The SMILES string of the molecule is O=C(O)c1cn(C2CC2)c2c(F)c(F)cc(Cl)c2c1=O. The first-order chi connectivity index (χ1) is 9.41. The van der Waals surface area contributed by atoms with Crippen molar-refractivity contribution >= 4 is 28.5 Å². The summed E-state index contributed by atoms with van der Waals surface area (Å²) >= 11 is 5.80. The van der Waals surface area contributed by atoms with Crippen LogP contribution in [-0.4, -0.2) is 15.6 Å². The van der Waals surface area contributed by atoms with E-state index in [1.54, 1.807) is 0 Å². The summed E-state index contributed by atoms with van der Waals surface area (Å²) in [6, 6.07) is 0.548. The molecule has 104 valence electrons. The Bertz CT molecular complexity index is 812. The molecule has 0 saturated heterocycles. The number of hydrogen-bond donors (Lipinski definition) is 1. The van der Waals surface area contributed by atoms with Gasteiger partial charge in [-0.2, -0.15) is 0 Å². The van der Waals surface area contributed by atoms with Crippen molar-refractivity contribution in [1.29, 1.82) is 0 Å². The molecule has 2 aromatic rings. The molecule has 1 aromatic heterocycles. The molecule has 0 amide bonds. The van der Waals surface area contributed by atoms with E-state index in [0.717, 1.165) is 6.20 Å². The summed E-state index contributed by atoms with van der Waals surface area (Å²) in [4.78, 5) is 23.2. The highest BCUT2D eigenvalue weighted by Gasteiger charge is 2.29. The van der Waals surface area contributed by atoms with Crippen LogP contribution in [0.15, 0.2) is 17.1 Å². The number of hydrogen-bond acceptors (Lipinski definition) is 2. The Hall–Kier alpha value is -1.95. The first-order valence-corrected chi connectivity index (χ1v) is 6.25. The molecule has 1 aliphatic carbocycles. The van der Waals surface area contributed by atoms with Gasteiger partial charge in [-0.15, -0.1) is 0 Å². The van der Waals surface area contributed by atoms with E-state index in [4.69, 9.17) is 16.7 Å². The van der Waals surface area contributed by atoms with E-state index < -0.39 is 28.6 Å². The smallest absolute Gasteiger partial charge is 0.341 e. The molecule has 3 rings (SSSR count). The Morgan fingerprint density at radius 3 is 2.60 bits per heavy atom. The number of carboxylic acids is 1. The first kappa shape index (κ1) is 13.1. The summed E-state index contributed by atoms with van der Waals surface area (Å²) in [6.45, 7) is 0. The van der Waals surface area contributed by atoms with E-state index in [1.165, 1.54) is 4.57 Å². The molecule has 0 atom stereocenters. The van der Waals surface area contributed by atoms with Gasteiger partial charge in [0.2, 0.25) is 5.43 Å². The number of carbonyl (C=O) groups is 1. The van der Waals surface area contributed by atoms with E-state index in [2.05, 4.69) is 0 Å². The maximum atomic E-state index is 14.0. The quantitative estimate of drug-likeness (QED) is 0.867. The molecule has 7 heteroatoms. The van der Waals surface area contributed by atoms with Crippen molar-refractivity contribution in [2.45, 2.75) is 18.9 Å². The van der Waals surface area contributed by atoms with E-state index >= 15 is 0 Å². The fourth-order valence-electron chi connectivity index (χ4n) is 2.23. The van der Waals surface area contributed by atoms with Gasteiger partial charge in [0.15, 0.2) is 11.6 Å². The lowest BCUT2D eigenvalue weighted by Gasteiger charge is -2.13. The third-order valence-corrected chi connectivity index (χ3v) is 3.61. The summed E-state index contributed by atoms with van der Waals surface area (Å²) in [5.74, 6) is -3.78. The molecule has 0 bridgehead atoms. The normalized spacial score (nSPS) is 14.8. The second-order valence-electron chi connectivity index (χ2n) is 4.69. The van der Waals surface area contributed by atoms with Crippen molar-refractivity contribution in [1.82, 2.24) is 4.57 Å². The lowest BCUT2D eigenvalue weighted by molar-refractivity contribution is 0.0695. The highest BCUT2D eigenvalue weighted by molar-refractivity contribution is 6.35. The molecule has 0 spiro atoms. The molecule has 0 unspecified atom stereocenters. The minimum absolute atomic E-state index is 0.136. The Labute approximate surface area is 116 Å². The molecular formula is C13H8ClF2NO3. The van der Waals surface area contributed by atoms with Crippen molar-refractivity contribution in [2.75, 3.05) is 0 Å². The zero-order valence-corrected chi connectivity index (χ0v) is 10.7. The van der Waals surface area contributed by atoms with Gasteiger partial charge in [-0.1, -0.05) is 11.6 Å². The lowest BCUT2D eigenvalue weighted by Crippen LogP contribution is -2.20. The Balaban J connectivity index is 2.55. The minimum Gasteiger partial charge on any atom is -0.477 e. The van der Waals surface area contributed by atoms with Gasteiger partial charge < -0.3 is 9.67 Å². The molecule has 20 heavy (non-hydrogen) atoms. The number of fused-ring (bicyclic) bond motifs is 1. The molecule has 1 aliphatic rings. The Morgan fingerprint density at radius 2 is 2.05 bits per heavy atom. The van der Waals surface area contributed by atoms with Crippen molar-refractivity contribution in [2.24, 2.45) is 0 Å². The average molecular weight is 300 g/mol. The van der Waals surface area contributed by atoms with Crippen molar-refractivity contribution in [3.8, 4) is 0 Å². The van der Waals surface area contributed by atoms with Crippen LogP contribution in [0.3, 0.4) is 0 Å². The highest BCUT2D eigenvalue weighted by Crippen LogP contribution is 2.38. The second-order valence-corrected chi connectivity index (χ2v) is 5.10. The van der Waals surface area contributed by atoms with Crippen LogP contribution >= 0.6 is 11.6 Å². The van der Waals surface area contributed by atoms with E-state index in [-0.39, 0.29) is 22.0 Å². The lowest BCUT2D eigenvalue weighted by atomic mass is 10.1. The van der Waals surface area contributed by atoms with Gasteiger partial charge >= 0.3 is 5.97 Å². The minimum atomic E-state index is -1.42. The fourth-order valence-corrected chi connectivity index (χ4v) is 2.50. The van der Waals surface area contributed by atoms with Crippen LogP contribution in [0.1, 0.15) is 29.2 Å². The molecular weight excluding hydrogens is 292 g/mol. The molecule has 1 heterocycles. The van der Waals surface area contributed by atoms with Crippen molar-refractivity contribution in [3.63, 3.8) is 0 Å². The summed E-state index contributed by atoms with van der Waals surface area (Å²) in [6.07, 6.45) is 2.48. The number of aromatic nitrogens is 1. The zero-order valence-electron chi connectivity index (χ0n) is 9.99. The predicted octanol–water partition coefficient (Wildman–Crippen LogP) is 2.97. The largest absolute Gasteiger partial charge is 0.477 e. The van der Waals surface area contributed by atoms with E-state index in [0.29, 0.717) is 18.9 Å². The van der Waals surface area contributed by atoms with Crippen LogP contribution in [0.2, 0.25) is 5.02 Å². The Kier molecular flexibility index (Phi) is 2.79. The van der Waals surface area contributed by atoms with Crippen LogP contribution in [0.5, 0.6) is 0 Å². The molecule has 0 radical (unpaired) electrons. The number of halogens is 3. The third-order valence-electron chi connectivity index (χ3n) is 3.32. The zero-order chi connectivity index (χ0) is 14.6. The van der Waals surface area contributed by atoms with Crippen LogP contribution in [-0.2, 0) is 0 Å². The summed E-state index contributed by atoms with van der Waals surface area (Å²) in [5, 5.41) is 8.46.